The minimum Gasteiger partial charge on any atom is -0.337 e. The monoisotopic (exact) mass is 379 g/mol. The first-order valence-electron chi connectivity index (χ1n) is 10.3. The van der Waals surface area contributed by atoms with E-state index in [1.54, 1.807) is 10.7 Å². The van der Waals surface area contributed by atoms with Gasteiger partial charge in [0.2, 0.25) is 5.91 Å². The van der Waals surface area contributed by atoms with Crippen LogP contribution in [0.3, 0.4) is 0 Å². The molecule has 148 valence electrons. The molecule has 1 saturated heterocycles. The van der Waals surface area contributed by atoms with Crippen LogP contribution in [-0.2, 0) is 22.2 Å². The molecule has 2 heterocycles. The predicted octanol–water partition coefficient (Wildman–Crippen LogP) is 3.26. The van der Waals surface area contributed by atoms with Crippen molar-refractivity contribution in [2.45, 2.75) is 69.9 Å². The molecule has 1 aromatic carbocycles. The Morgan fingerprint density at radius 3 is 2.50 bits per heavy atom. The fourth-order valence-corrected chi connectivity index (χ4v) is 4.26. The van der Waals surface area contributed by atoms with Gasteiger partial charge in [-0.1, -0.05) is 51.1 Å². The van der Waals surface area contributed by atoms with Gasteiger partial charge in [-0.25, -0.2) is 4.68 Å². The van der Waals surface area contributed by atoms with Crippen molar-refractivity contribution in [1.82, 2.24) is 14.7 Å². The lowest BCUT2D eigenvalue weighted by Gasteiger charge is -2.29. The van der Waals surface area contributed by atoms with Gasteiger partial charge in [0.05, 0.1) is 23.7 Å². The van der Waals surface area contributed by atoms with Crippen molar-refractivity contribution >= 4 is 5.91 Å². The summed E-state index contributed by atoms with van der Waals surface area (Å²) in [4.78, 5) is 27.9. The van der Waals surface area contributed by atoms with Gasteiger partial charge >= 0.3 is 0 Å². The number of benzene rings is 1. The van der Waals surface area contributed by atoms with Crippen molar-refractivity contribution in [3.05, 3.63) is 64.1 Å². The number of nitrogens with zero attached hydrogens (tertiary/aromatic N) is 3. The lowest BCUT2D eigenvalue weighted by atomic mass is 9.92. The Hall–Kier alpha value is -2.43. The highest BCUT2D eigenvalue weighted by Crippen LogP contribution is 2.50. The zero-order valence-corrected chi connectivity index (χ0v) is 17.0. The number of hydrogen-bond donors (Lipinski definition) is 0. The lowest BCUT2D eigenvalue weighted by Crippen LogP contribution is -2.45. The van der Waals surface area contributed by atoms with Crippen LogP contribution < -0.4 is 5.56 Å². The third-order valence-corrected chi connectivity index (χ3v) is 6.14. The van der Waals surface area contributed by atoms with Crippen LogP contribution in [-0.4, -0.2) is 33.2 Å². The minimum atomic E-state index is -0.352. The summed E-state index contributed by atoms with van der Waals surface area (Å²) in [6, 6.07) is 13.6. The molecular weight excluding hydrogens is 350 g/mol. The van der Waals surface area contributed by atoms with Crippen molar-refractivity contribution in [3.8, 4) is 0 Å². The highest BCUT2D eigenvalue weighted by atomic mass is 16.2. The van der Waals surface area contributed by atoms with Gasteiger partial charge in [0.1, 0.15) is 0 Å². The normalized spacial score (nSPS) is 21.0. The quantitative estimate of drug-likeness (QED) is 0.819. The van der Waals surface area contributed by atoms with Gasteiger partial charge in [0.25, 0.3) is 5.56 Å². The number of hydrogen-bond acceptors (Lipinski definition) is 3. The summed E-state index contributed by atoms with van der Waals surface area (Å²) in [5, 5.41) is 4.60. The van der Waals surface area contributed by atoms with E-state index in [9.17, 15) is 9.59 Å². The van der Waals surface area contributed by atoms with E-state index in [0.717, 1.165) is 43.5 Å². The van der Waals surface area contributed by atoms with Gasteiger partial charge in [-0.2, -0.15) is 5.10 Å². The Morgan fingerprint density at radius 1 is 1.14 bits per heavy atom. The Morgan fingerprint density at radius 2 is 1.86 bits per heavy atom. The SMILES string of the molecule is CC(C)(C)c1ccc(=O)n(CC2CCCN2C(=O)C2(c3ccccc3)CC2)n1. The molecule has 4 rings (SSSR count). The summed E-state index contributed by atoms with van der Waals surface area (Å²) in [5.41, 5.74) is 1.44. The molecular formula is C23H29N3O2. The molecule has 0 radical (unpaired) electrons. The average molecular weight is 380 g/mol. The summed E-state index contributed by atoms with van der Waals surface area (Å²) >= 11 is 0. The average Bonchev–Trinajstić information content (AvgIpc) is 3.36. The molecule has 2 aromatic rings. The molecule has 28 heavy (non-hydrogen) atoms. The number of rotatable bonds is 4. The van der Waals surface area contributed by atoms with Crippen LogP contribution in [0.2, 0.25) is 0 Å². The maximum Gasteiger partial charge on any atom is 0.266 e. The molecule has 1 unspecified atom stereocenters. The van der Waals surface area contributed by atoms with E-state index in [4.69, 9.17) is 0 Å². The van der Waals surface area contributed by atoms with Gasteiger partial charge < -0.3 is 4.90 Å². The van der Waals surface area contributed by atoms with E-state index >= 15 is 0 Å². The third kappa shape index (κ3) is 3.38. The molecule has 1 aromatic heterocycles. The maximum absolute atomic E-state index is 13.5. The number of amides is 1. The van der Waals surface area contributed by atoms with Gasteiger partial charge in [-0.05, 0) is 37.3 Å². The van der Waals surface area contributed by atoms with Crippen molar-refractivity contribution in [2.75, 3.05) is 6.54 Å². The van der Waals surface area contributed by atoms with Gasteiger partial charge in [-0.15, -0.1) is 0 Å². The van der Waals surface area contributed by atoms with Crippen LogP contribution in [0.5, 0.6) is 0 Å². The molecule has 5 nitrogen and oxygen atoms in total. The van der Waals surface area contributed by atoms with E-state index in [1.165, 1.54) is 0 Å². The van der Waals surface area contributed by atoms with Gasteiger partial charge in [0.15, 0.2) is 0 Å². The number of likely N-dealkylation sites (tertiary alicyclic amines) is 1. The molecule has 1 atom stereocenters. The van der Waals surface area contributed by atoms with E-state index in [2.05, 4.69) is 38.0 Å². The second-order valence-corrected chi connectivity index (χ2v) is 9.23. The molecule has 1 saturated carbocycles. The van der Waals surface area contributed by atoms with Crippen molar-refractivity contribution in [2.24, 2.45) is 0 Å². The summed E-state index contributed by atoms with van der Waals surface area (Å²) in [7, 11) is 0. The first-order valence-corrected chi connectivity index (χ1v) is 10.3. The van der Waals surface area contributed by atoms with E-state index in [0.29, 0.717) is 6.54 Å². The van der Waals surface area contributed by atoms with Crippen LogP contribution in [0.1, 0.15) is 57.7 Å². The Kier molecular flexibility index (Phi) is 4.64. The standard InChI is InChI=1S/C23H29N3O2/c1-22(2,3)19-11-12-20(27)26(24-19)16-18-10-7-15-25(18)21(28)23(13-14-23)17-8-5-4-6-9-17/h4-6,8-9,11-12,18H,7,10,13-16H2,1-3H3. The van der Waals surface area contributed by atoms with Crippen LogP contribution in [0.25, 0.3) is 0 Å². The van der Waals surface area contributed by atoms with Crippen LogP contribution in [0.4, 0.5) is 0 Å². The molecule has 5 heteroatoms. The fraction of sp³-hybridized carbons (Fsp3) is 0.522. The van der Waals surface area contributed by atoms with E-state index in [1.807, 2.05) is 29.2 Å². The molecule has 0 N–H and O–H groups in total. The molecule has 2 fully saturated rings. The lowest BCUT2D eigenvalue weighted by molar-refractivity contribution is -0.135. The van der Waals surface area contributed by atoms with Crippen LogP contribution in [0.15, 0.2) is 47.3 Å². The molecule has 0 spiro atoms. The molecule has 0 bridgehead atoms. The summed E-state index contributed by atoms with van der Waals surface area (Å²) in [6.45, 7) is 7.51. The van der Waals surface area contributed by atoms with Gasteiger partial charge in [0, 0.05) is 18.0 Å². The summed E-state index contributed by atoms with van der Waals surface area (Å²) in [6.07, 6.45) is 3.73. The minimum absolute atomic E-state index is 0.0362. The van der Waals surface area contributed by atoms with Crippen LogP contribution in [0, 0.1) is 0 Å². The van der Waals surface area contributed by atoms with Crippen molar-refractivity contribution in [3.63, 3.8) is 0 Å². The van der Waals surface area contributed by atoms with E-state index in [-0.39, 0.29) is 28.3 Å². The van der Waals surface area contributed by atoms with Crippen molar-refractivity contribution < 1.29 is 4.79 Å². The van der Waals surface area contributed by atoms with Crippen LogP contribution >= 0.6 is 0 Å². The van der Waals surface area contributed by atoms with E-state index < -0.39 is 0 Å². The second-order valence-electron chi connectivity index (χ2n) is 9.23. The smallest absolute Gasteiger partial charge is 0.266 e. The zero-order valence-electron chi connectivity index (χ0n) is 17.0. The molecule has 1 aliphatic heterocycles. The molecule has 1 aliphatic carbocycles. The maximum atomic E-state index is 13.5. The Bertz CT molecular complexity index is 923. The molecule has 1 amide bonds. The number of carbonyl (C=O) groups excluding carboxylic acids is 1. The van der Waals surface area contributed by atoms with Crippen molar-refractivity contribution in [1.29, 1.82) is 0 Å². The summed E-state index contributed by atoms with van der Waals surface area (Å²) < 4.78 is 1.55. The molecule has 2 aliphatic rings. The highest BCUT2D eigenvalue weighted by Gasteiger charge is 2.54. The summed E-state index contributed by atoms with van der Waals surface area (Å²) in [5.74, 6) is 0.223. The second kappa shape index (κ2) is 6.87. The zero-order chi connectivity index (χ0) is 19.9. The highest BCUT2D eigenvalue weighted by molar-refractivity contribution is 5.91. The Labute approximate surface area is 166 Å². The third-order valence-electron chi connectivity index (χ3n) is 6.14. The van der Waals surface area contributed by atoms with Gasteiger partial charge in [-0.3, -0.25) is 9.59 Å². The predicted molar refractivity (Wildman–Crippen MR) is 109 cm³/mol. The number of aromatic nitrogens is 2. The largest absolute Gasteiger partial charge is 0.337 e. The first kappa shape index (κ1) is 18.9. The fourth-order valence-electron chi connectivity index (χ4n) is 4.26. The first-order chi connectivity index (χ1) is 13.3. The Balaban J connectivity index is 1.57. The topological polar surface area (TPSA) is 55.2 Å². The number of carbonyl (C=O) groups is 1.